The van der Waals surface area contributed by atoms with Crippen LogP contribution in [0.25, 0.3) is 17.7 Å². The molecule has 2 nitrogen and oxygen atoms in total. The Hall–Kier alpha value is -2.32. The fraction of sp³-hybridized carbons (Fsp3) is 0.105. The third kappa shape index (κ3) is 2.58. The minimum absolute atomic E-state index is 0.338. The first-order chi connectivity index (χ1) is 10.7. The summed E-state index contributed by atoms with van der Waals surface area (Å²) in [4.78, 5) is 11.8. The van der Waals surface area contributed by atoms with Crippen molar-refractivity contribution in [2.75, 3.05) is 13.0 Å². The molecule has 22 heavy (non-hydrogen) atoms. The summed E-state index contributed by atoms with van der Waals surface area (Å²) in [5.74, 6) is 0.0699. The summed E-state index contributed by atoms with van der Waals surface area (Å²) in [7, 11) is 1.39. The average Bonchev–Trinajstić information content (AvgIpc) is 2.72. The zero-order chi connectivity index (χ0) is 15.5. The number of fused-ring (bicyclic) bond motifs is 2. The van der Waals surface area contributed by atoms with Crippen molar-refractivity contribution in [3.63, 3.8) is 0 Å². The van der Waals surface area contributed by atoms with E-state index in [4.69, 9.17) is 16.3 Å². The Morgan fingerprint density at radius 1 is 1.09 bits per heavy atom. The highest BCUT2D eigenvalue weighted by Crippen LogP contribution is 2.34. The summed E-state index contributed by atoms with van der Waals surface area (Å²) in [5, 5.41) is 0. The van der Waals surface area contributed by atoms with E-state index in [9.17, 15) is 4.79 Å². The van der Waals surface area contributed by atoms with E-state index in [-0.39, 0.29) is 5.97 Å². The lowest BCUT2D eigenvalue weighted by Crippen LogP contribution is -2.03. The number of halogens is 1. The van der Waals surface area contributed by atoms with Crippen LogP contribution in [0, 0.1) is 0 Å². The number of esters is 1. The monoisotopic (exact) mass is 310 g/mol. The van der Waals surface area contributed by atoms with Gasteiger partial charge in [0.2, 0.25) is 0 Å². The van der Waals surface area contributed by atoms with Gasteiger partial charge >= 0.3 is 5.97 Å². The molecule has 0 amide bonds. The number of alkyl halides is 1. The van der Waals surface area contributed by atoms with Gasteiger partial charge in [0.05, 0.1) is 12.7 Å². The van der Waals surface area contributed by atoms with E-state index in [1.807, 2.05) is 30.3 Å². The maximum atomic E-state index is 11.8. The minimum Gasteiger partial charge on any atom is -0.465 e. The number of carbonyl (C=O) groups excluding carboxylic acids is 1. The number of allylic oxidation sites excluding steroid dienone is 1. The summed E-state index contributed by atoms with van der Waals surface area (Å²) in [5.41, 5.74) is 5.87. The van der Waals surface area contributed by atoms with Crippen molar-refractivity contribution in [3.05, 3.63) is 76.4 Å². The molecule has 0 aromatic heterocycles. The lowest BCUT2D eigenvalue weighted by Gasteiger charge is -2.12. The molecule has 0 saturated heterocycles. The zero-order valence-electron chi connectivity index (χ0n) is 12.2. The van der Waals surface area contributed by atoms with E-state index in [1.54, 1.807) is 6.07 Å². The Morgan fingerprint density at radius 2 is 1.82 bits per heavy atom. The summed E-state index contributed by atoms with van der Waals surface area (Å²) >= 11 is 5.96. The van der Waals surface area contributed by atoms with Crippen LogP contribution >= 0.6 is 11.6 Å². The van der Waals surface area contributed by atoms with Crippen LogP contribution < -0.4 is 0 Å². The highest BCUT2D eigenvalue weighted by molar-refractivity contribution is 6.19. The first kappa shape index (κ1) is 14.6. The fourth-order valence-electron chi connectivity index (χ4n) is 2.69. The summed E-state index contributed by atoms with van der Waals surface area (Å²) in [6.07, 6.45) is 6.12. The molecular weight excluding hydrogens is 296 g/mol. The molecule has 0 spiro atoms. The predicted octanol–water partition coefficient (Wildman–Crippen LogP) is 4.63. The van der Waals surface area contributed by atoms with Crippen molar-refractivity contribution in [2.45, 2.75) is 0 Å². The molecule has 0 atom stereocenters. The number of carbonyl (C=O) groups is 1. The van der Waals surface area contributed by atoms with Crippen molar-refractivity contribution in [1.82, 2.24) is 0 Å². The summed E-state index contributed by atoms with van der Waals surface area (Å²) in [6.45, 7) is 0. The Balaban J connectivity index is 2.24. The van der Waals surface area contributed by atoms with E-state index in [0.29, 0.717) is 11.4 Å². The second kappa shape index (κ2) is 6.20. The van der Waals surface area contributed by atoms with Crippen LogP contribution in [-0.4, -0.2) is 19.0 Å². The average molecular weight is 311 g/mol. The summed E-state index contributed by atoms with van der Waals surface area (Å²) in [6, 6.07) is 13.7. The van der Waals surface area contributed by atoms with Crippen LogP contribution in [0.1, 0.15) is 32.6 Å². The number of methoxy groups -OCH3 is 1. The largest absolute Gasteiger partial charge is 0.465 e. The highest BCUT2D eigenvalue weighted by atomic mass is 35.5. The first-order valence-corrected chi connectivity index (χ1v) is 7.54. The molecule has 2 aromatic carbocycles. The Kier molecular flexibility index (Phi) is 4.12. The molecule has 0 fully saturated rings. The fourth-order valence-corrected chi connectivity index (χ4v) is 2.84. The first-order valence-electron chi connectivity index (χ1n) is 7.01. The standard InChI is InChI=1S/C19H15ClO2/c1-22-19(21)15-9-8-14-7-6-13-4-2-3-5-16(13)17(10-11-20)18(14)12-15/h2-10,12H,11H2,1H3. The molecule has 2 aromatic rings. The second-order valence-electron chi connectivity index (χ2n) is 4.99. The number of hydrogen-bond donors (Lipinski definition) is 0. The maximum absolute atomic E-state index is 11.8. The van der Waals surface area contributed by atoms with E-state index < -0.39 is 0 Å². The molecular formula is C19H15ClO2. The molecule has 0 aliphatic heterocycles. The molecule has 0 N–H and O–H groups in total. The topological polar surface area (TPSA) is 26.3 Å². The van der Waals surface area contributed by atoms with Gasteiger partial charge in [0, 0.05) is 5.88 Å². The number of benzene rings is 2. The van der Waals surface area contributed by atoms with Crippen LogP contribution in [0.5, 0.6) is 0 Å². The van der Waals surface area contributed by atoms with Gasteiger partial charge < -0.3 is 4.74 Å². The smallest absolute Gasteiger partial charge is 0.337 e. The Labute approximate surface area is 134 Å². The summed E-state index contributed by atoms with van der Waals surface area (Å²) < 4.78 is 4.82. The van der Waals surface area contributed by atoms with E-state index in [2.05, 4.69) is 24.3 Å². The lowest BCUT2D eigenvalue weighted by atomic mass is 9.92. The van der Waals surface area contributed by atoms with E-state index in [0.717, 1.165) is 27.8 Å². The molecule has 1 aliphatic rings. The Morgan fingerprint density at radius 3 is 2.55 bits per heavy atom. The SMILES string of the molecule is COC(=O)c1ccc2c(c1)C(=CCCl)c1ccccc1C=C2. The normalized spacial score (nSPS) is 14.2. The van der Waals surface area contributed by atoms with Gasteiger partial charge in [0.15, 0.2) is 0 Å². The molecule has 0 bridgehead atoms. The van der Waals surface area contributed by atoms with E-state index >= 15 is 0 Å². The van der Waals surface area contributed by atoms with Crippen molar-refractivity contribution in [2.24, 2.45) is 0 Å². The van der Waals surface area contributed by atoms with Gasteiger partial charge in [-0.2, -0.15) is 0 Å². The van der Waals surface area contributed by atoms with Gasteiger partial charge in [-0.15, -0.1) is 11.6 Å². The molecule has 0 heterocycles. The molecule has 3 heteroatoms. The van der Waals surface area contributed by atoms with Crippen molar-refractivity contribution < 1.29 is 9.53 Å². The van der Waals surface area contributed by atoms with Crippen LogP contribution in [0.15, 0.2) is 48.5 Å². The molecule has 0 radical (unpaired) electrons. The molecule has 1 aliphatic carbocycles. The second-order valence-corrected chi connectivity index (χ2v) is 5.29. The van der Waals surface area contributed by atoms with Gasteiger partial charge in [-0.1, -0.05) is 48.6 Å². The molecule has 3 rings (SSSR count). The minimum atomic E-state index is -0.338. The zero-order valence-corrected chi connectivity index (χ0v) is 12.9. The van der Waals surface area contributed by atoms with Crippen LogP contribution in [0.3, 0.4) is 0 Å². The van der Waals surface area contributed by atoms with Gasteiger partial charge in [0.25, 0.3) is 0 Å². The van der Waals surface area contributed by atoms with Crippen LogP contribution in [0.4, 0.5) is 0 Å². The van der Waals surface area contributed by atoms with Gasteiger partial charge in [-0.3, -0.25) is 0 Å². The van der Waals surface area contributed by atoms with Gasteiger partial charge in [-0.25, -0.2) is 4.79 Å². The Bertz CT molecular complexity index is 788. The lowest BCUT2D eigenvalue weighted by molar-refractivity contribution is 0.0600. The van der Waals surface area contributed by atoms with Gasteiger partial charge in [-0.05, 0) is 40.0 Å². The van der Waals surface area contributed by atoms with E-state index in [1.165, 1.54) is 7.11 Å². The molecule has 0 saturated carbocycles. The molecule has 0 unspecified atom stereocenters. The molecule has 110 valence electrons. The third-order valence-corrected chi connectivity index (χ3v) is 3.89. The number of ether oxygens (including phenoxy) is 1. The number of hydrogen-bond acceptors (Lipinski definition) is 2. The quantitative estimate of drug-likeness (QED) is 0.509. The van der Waals surface area contributed by atoms with Crippen LogP contribution in [-0.2, 0) is 4.74 Å². The van der Waals surface area contributed by atoms with Crippen molar-refractivity contribution >= 4 is 35.3 Å². The third-order valence-electron chi connectivity index (χ3n) is 3.74. The number of rotatable bonds is 2. The van der Waals surface area contributed by atoms with Crippen LogP contribution in [0.2, 0.25) is 0 Å². The highest BCUT2D eigenvalue weighted by Gasteiger charge is 2.17. The van der Waals surface area contributed by atoms with Gasteiger partial charge in [0.1, 0.15) is 0 Å². The van der Waals surface area contributed by atoms with Crippen molar-refractivity contribution in [3.8, 4) is 0 Å². The maximum Gasteiger partial charge on any atom is 0.337 e. The predicted molar refractivity (Wildman–Crippen MR) is 91.0 cm³/mol. The van der Waals surface area contributed by atoms with Crippen molar-refractivity contribution in [1.29, 1.82) is 0 Å².